The quantitative estimate of drug-likeness (QED) is 0.559. The Hall–Kier alpha value is -0.160. The van der Waals surface area contributed by atoms with Gasteiger partial charge in [-0.3, -0.25) is 0 Å². The Labute approximate surface area is 196 Å². The molecule has 4 saturated carbocycles. The van der Waals surface area contributed by atoms with Crippen LogP contribution in [0.4, 0.5) is 0 Å². The van der Waals surface area contributed by atoms with Crippen molar-refractivity contribution in [1.82, 2.24) is 4.90 Å². The lowest BCUT2D eigenvalue weighted by Crippen LogP contribution is -2.57. The van der Waals surface area contributed by atoms with Crippen LogP contribution >= 0.6 is 0 Å². The third-order valence-corrected chi connectivity index (χ3v) is 11.5. The molecule has 2 saturated heterocycles. The molecule has 32 heavy (non-hydrogen) atoms. The molecule has 0 aromatic heterocycles. The molecule has 2 heterocycles. The number of rotatable bonds is 5. The Morgan fingerprint density at radius 2 is 1.69 bits per heavy atom. The summed E-state index contributed by atoms with van der Waals surface area (Å²) in [7, 11) is 0. The molecule has 4 aliphatic carbocycles. The summed E-state index contributed by atoms with van der Waals surface area (Å²) in [5, 5.41) is 0. The molecular weight excluding hydrogens is 398 g/mol. The van der Waals surface area contributed by atoms with Crippen LogP contribution in [0, 0.1) is 40.4 Å². The second-order valence-electron chi connectivity index (χ2n) is 12.9. The van der Waals surface area contributed by atoms with Gasteiger partial charge in [0.2, 0.25) is 0 Å². The summed E-state index contributed by atoms with van der Waals surface area (Å²) in [5.74, 6) is 4.10. The Morgan fingerprint density at radius 3 is 2.50 bits per heavy atom. The van der Waals surface area contributed by atoms with E-state index in [-0.39, 0.29) is 6.29 Å². The second-order valence-corrected chi connectivity index (χ2v) is 12.9. The first kappa shape index (κ1) is 22.3. The van der Waals surface area contributed by atoms with Crippen molar-refractivity contribution in [3.05, 3.63) is 0 Å². The highest BCUT2D eigenvalue weighted by molar-refractivity contribution is 5.09. The summed E-state index contributed by atoms with van der Waals surface area (Å²) in [6, 6.07) is 0. The molecule has 0 N–H and O–H groups in total. The number of hydrogen-bond donors (Lipinski definition) is 0. The number of likely N-dealkylation sites (tertiary alicyclic amines) is 1. The minimum atomic E-state index is -0.0368. The van der Waals surface area contributed by atoms with Crippen molar-refractivity contribution >= 4 is 0 Å². The van der Waals surface area contributed by atoms with Gasteiger partial charge in [-0.05, 0) is 112 Å². The molecule has 0 spiro atoms. The summed E-state index contributed by atoms with van der Waals surface area (Å²) in [5.41, 5.74) is 1.10. The van der Waals surface area contributed by atoms with E-state index < -0.39 is 0 Å². The predicted molar refractivity (Wildman–Crippen MR) is 126 cm³/mol. The van der Waals surface area contributed by atoms with Crippen LogP contribution in [0.1, 0.15) is 84.5 Å². The number of ether oxygens (including phenoxy) is 3. The van der Waals surface area contributed by atoms with Gasteiger partial charge >= 0.3 is 0 Å². The van der Waals surface area contributed by atoms with Gasteiger partial charge in [0.25, 0.3) is 0 Å². The lowest BCUT2D eigenvalue weighted by Gasteiger charge is -2.62. The lowest BCUT2D eigenvalue weighted by atomic mass is 9.44. The second kappa shape index (κ2) is 8.81. The Kier molecular flexibility index (Phi) is 6.14. The van der Waals surface area contributed by atoms with E-state index in [0.717, 1.165) is 50.0 Å². The fourth-order valence-corrected chi connectivity index (χ4v) is 9.75. The zero-order valence-corrected chi connectivity index (χ0v) is 20.7. The molecule has 4 nitrogen and oxygen atoms in total. The van der Waals surface area contributed by atoms with Crippen LogP contribution in [0.2, 0.25) is 0 Å². The average Bonchev–Trinajstić information content (AvgIpc) is 3.55. The SMILES string of the molecule is C[C@@]12CCC[C@H]1[C@@H]1CC[C@@H]3C[C@@H](OCCN4CCCC4)C(C4OCCO4)C[C@]3(C)[C@H]1CC2. The van der Waals surface area contributed by atoms with E-state index in [4.69, 9.17) is 14.2 Å². The highest BCUT2D eigenvalue weighted by atomic mass is 16.7. The van der Waals surface area contributed by atoms with Gasteiger partial charge < -0.3 is 19.1 Å². The van der Waals surface area contributed by atoms with Gasteiger partial charge in [0.05, 0.1) is 25.9 Å². The first-order valence-electron chi connectivity index (χ1n) is 14.1. The van der Waals surface area contributed by atoms with Gasteiger partial charge in [-0.25, -0.2) is 0 Å². The van der Waals surface area contributed by atoms with Gasteiger partial charge in [0.1, 0.15) is 0 Å². The molecule has 0 aromatic carbocycles. The highest BCUT2D eigenvalue weighted by Gasteiger charge is 2.60. The minimum absolute atomic E-state index is 0.0368. The largest absolute Gasteiger partial charge is 0.376 e. The molecule has 4 heteroatoms. The van der Waals surface area contributed by atoms with Crippen LogP contribution in [0.15, 0.2) is 0 Å². The monoisotopic (exact) mass is 445 g/mol. The van der Waals surface area contributed by atoms with Crippen molar-refractivity contribution in [1.29, 1.82) is 0 Å². The fraction of sp³-hybridized carbons (Fsp3) is 1.00. The van der Waals surface area contributed by atoms with E-state index in [1.165, 1.54) is 83.7 Å². The van der Waals surface area contributed by atoms with Crippen LogP contribution < -0.4 is 0 Å². The zero-order valence-electron chi connectivity index (χ0n) is 20.7. The number of hydrogen-bond acceptors (Lipinski definition) is 4. The van der Waals surface area contributed by atoms with E-state index in [0.29, 0.717) is 22.9 Å². The normalized spacial score (nSPS) is 49.7. The van der Waals surface area contributed by atoms with E-state index in [1.54, 1.807) is 0 Å². The third-order valence-electron chi connectivity index (χ3n) is 11.5. The Morgan fingerprint density at radius 1 is 0.875 bits per heavy atom. The minimum Gasteiger partial charge on any atom is -0.376 e. The molecular formula is C28H47NO3. The maximum atomic E-state index is 6.68. The maximum absolute atomic E-state index is 6.68. The molecule has 6 fully saturated rings. The molecule has 0 radical (unpaired) electrons. The van der Waals surface area contributed by atoms with E-state index in [1.807, 2.05) is 0 Å². The van der Waals surface area contributed by atoms with E-state index in [2.05, 4.69) is 18.7 Å². The van der Waals surface area contributed by atoms with Crippen LogP contribution in [0.3, 0.4) is 0 Å². The van der Waals surface area contributed by atoms with Crippen molar-refractivity contribution in [2.45, 2.75) is 96.9 Å². The van der Waals surface area contributed by atoms with Gasteiger partial charge in [-0.2, -0.15) is 0 Å². The lowest BCUT2D eigenvalue weighted by molar-refractivity contribution is -0.200. The molecule has 0 aromatic rings. The van der Waals surface area contributed by atoms with Crippen molar-refractivity contribution in [2.75, 3.05) is 39.5 Å². The van der Waals surface area contributed by atoms with Gasteiger partial charge in [-0.15, -0.1) is 0 Å². The third kappa shape index (κ3) is 3.80. The topological polar surface area (TPSA) is 30.9 Å². The Balaban J connectivity index is 1.19. The first-order valence-corrected chi connectivity index (χ1v) is 14.1. The van der Waals surface area contributed by atoms with Crippen molar-refractivity contribution in [3.63, 3.8) is 0 Å². The summed E-state index contributed by atoms with van der Waals surface area (Å²) in [6.45, 7) is 11.3. The van der Waals surface area contributed by atoms with Gasteiger partial charge in [0.15, 0.2) is 6.29 Å². The van der Waals surface area contributed by atoms with E-state index >= 15 is 0 Å². The van der Waals surface area contributed by atoms with Crippen LogP contribution in [0.25, 0.3) is 0 Å². The average molecular weight is 446 g/mol. The predicted octanol–water partition coefficient (Wildman–Crippen LogP) is 5.50. The summed E-state index contributed by atoms with van der Waals surface area (Å²) in [4.78, 5) is 2.58. The van der Waals surface area contributed by atoms with Crippen LogP contribution in [-0.4, -0.2) is 56.7 Å². The summed E-state index contributed by atoms with van der Waals surface area (Å²) < 4.78 is 19.0. The molecule has 6 rings (SSSR count). The molecule has 0 amide bonds. The van der Waals surface area contributed by atoms with Crippen molar-refractivity contribution < 1.29 is 14.2 Å². The molecule has 1 unspecified atom stereocenters. The van der Waals surface area contributed by atoms with Crippen LogP contribution in [-0.2, 0) is 14.2 Å². The maximum Gasteiger partial charge on any atom is 0.163 e. The molecule has 2 aliphatic heterocycles. The molecule has 182 valence electrons. The standard InChI is InChI=1S/C28H47NO3/c1-27-10-5-6-23(27)21-8-7-20-18-25(30-15-14-29-12-3-4-13-29)22(26-31-16-17-32-26)19-28(20,2)24(21)9-11-27/h20-26H,3-19H2,1-2H3/t20-,21+,22?,23+,24+,25-,27+,28+/m1/s1. The number of nitrogens with zero attached hydrogens (tertiary/aromatic N) is 1. The van der Waals surface area contributed by atoms with E-state index in [9.17, 15) is 0 Å². The zero-order chi connectivity index (χ0) is 21.8. The summed E-state index contributed by atoms with van der Waals surface area (Å²) in [6.07, 6.45) is 15.8. The van der Waals surface area contributed by atoms with Crippen molar-refractivity contribution in [2.24, 2.45) is 40.4 Å². The van der Waals surface area contributed by atoms with Crippen LogP contribution in [0.5, 0.6) is 0 Å². The van der Waals surface area contributed by atoms with Gasteiger partial charge in [-0.1, -0.05) is 20.3 Å². The Bertz CT molecular complexity index is 659. The molecule has 6 aliphatic rings. The number of fused-ring (bicyclic) bond motifs is 5. The smallest absolute Gasteiger partial charge is 0.163 e. The highest BCUT2D eigenvalue weighted by Crippen LogP contribution is 2.67. The molecule has 0 bridgehead atoms. The first-order chi connectivity index (χ1) is 15.6. The fourth-order valence-electron chi connectivity index (χ4n) is 9.75. The summed E-state index contributed by atoms with van der Waals surface area (Å²) >= 11 is 0. The van der Waals surface area contributed by atoms with Crippen molar-refractivity contribution in [3.8, 4) is 0 Å². The molecule has 8 atom stereocenters. The van der Waals surface area contributed by atoms with Gasteiger partial charge in [0, 0.05) is 12.5 Å².